The van der Waals surface area contributed by atoms with E-state index in [9.17, 15) is 4.79 Å². The van der Waals surface area contributed by atoms with Gasteiger partial charge in [0, 0.05) is 25.2 Å². The number of rotatable bonds is 2. The molecule has 1 amide bonds. The molecule has 2 fully saturated rings. The Morgan fingerprint density at radius 3 is 2.76 bits per heavy atom. The summed E-state index contributed by atoms with van der Waals surface area (Å²) in [5, 5.41) is 3.18. The Labute approximate surface area is 103 Å². The highest BCUT2D eigenvalue weighted by atomic mass is 16.5. The standard InChI is InChI=1S/C13H22N2O2/c1-4-12-8-17-9(2)7-15(12)13(16)10(3)11-5-14-6-11/h9,12,14H,4-8H2,1-3H3. The number of carbonyl (C=O) groups excluding carboxylic acids is 1. The fraction of sp³-hybridized carbons (Fsp3) is 0.769. The summed E-state index contributed by atoms with van der Waals surface area (Å²) in [6.45, 7) is 9.21. The third-order valence-corrected chi connectivity index (χ3v) is 3.73. The van der Waals surface area contributed by atoms with Crippen LogP contribution in [0.15, 0.2) is 11.1 Å². The van der Waals surface area contributed by atoms with Crippen molar-refractivity contribution in [1.29, 1.82) is 0 Å². The number of hydrogen-bond acceptors (Lipinski definition) is 3. The Morgan fingerprint density at radius 1 is 1.53 bits per heavy atom. The molecule has 2 heterocycles. The first-order valence-electron chi connectivity index (χ1n) is 6.45. The van der Waals surface area contributed by atoms with Gasteiger partial charge in [-0.2, -0.15) is 0 Å². The van der Waals surface area contributed by atoms with Gasteiger partial charge in [0.25, 0.3) is 0 Å². The fourth-order valence-corrected chi connectivity index (χ4v) is 2.31. The van der Waals surface area contributed by atoms with Crippen LogP contribution in [0.3, 0.4) is 0 Å². The van der Waals surface area contributed by atoms with Crippen LogP contribution in [0, 0.1) is 0 Å². The lowest BCUT2D eigenvalue weighted by atomic mass is 10.0. The summed E-state index contributed by atoms with van der Waals surface area (Å²) in [5.41, 5.74) is 2.18. The quantitative estimate of drug-likeness (QED) is 0.728. The molecule has 17 heavy (non-hydrogen) atoms. The average molecular weight is 238 g/mol. The highest BCUT2D eigenvalue weighted by Crippen LogP contribution is 2.19. The maximum absolute atomic E-state index is 12.4. The second-order valence-corrected chi connectivity index (χ2v) is 5.00. The molecule has 0 aromatic rings. The molecule has 2 aliphatic heterocycles. The van der Waals surface area contributed by atoms with Gasteiger partial charge in [-0.1, -0.05) is 6.92 Å². The Bertz CT molecular complexity index is 332. The van der Waals surface area contributed by atoms with Crippen molar-refractivity contribution in [2.24, 2.45) is 0 Å². The van der Waals surface area contributed by atoms with Crippen molar-refractivity contribution in [2.75, 3.05) is 26.2 Å². The Balaban J connectivity index is 2.10. The Kier molecular flexibility index (Phi) is 3.84. The van der Waals surface area contributed by atoms with Crippen LogP contribution in [0.5, 0.6) is 0 Å². The van der Waals surface area contributed by atoms with Gasteiger partial charge in [0.15, 0.2) is 0 Å². The zero-order valence-corrected chi connectivity index (χ0v) is 11.0. The number of hydrogen-bond donors (Lipinski definition) is 1. The lowest BCUT2D eigenvalue weighted by molar-refractivity contribution is -0.140. The van der Waals surface area contributed by atoms with Crippen LogP contribution in [-0.4, -0.2) is 49.2 Å². The molecule has 4 heteroatoms. The van der Waals surface area contributed by atoms with Crippen LogP contribution >= 0.6 is 0 Å². The molecular formula is C13H22N2O2. The minimum absolute atomic E-state index is 0.152. The predicted molar refractivity (Wildman–Crippen MR) is 66.8 cm³/mol. The summed E-state index contributed by atoms with van der Waals surface area (Å²) in [5.74, 6) is 0.198. The van der Waals surface area contributed by atoms with Crippen molar-refractivity contribution >= 4 is 5.91 Å². The molecule has 2 saturated heterocycles. The molecule has 0 saturated carbocycles. The maximum atomic E-state index is 12.4. The van der Waals surface area contributed by atoms with Crippen LogP contribution in [0.2, 0.25) is 0 Å². The lowest BCUT2D eigenvalue weighted by Gasteiger charge is -2.39. The van der Waals surface area contributed by atoms with Crippen molar-refractivity contribution in [2.45, 2.75) is 39.3 Å². The molecule has 2 rings (SSSR count). The number of nitrogens with zero attached hydrogens (tertiary/aromatic N) is 1. The SMILES string of the molecule is CCC1COC(C)CN1C(=O)C(C)=C1CNC1. The molecule has 96 valence electrons. The summed E-state index contributed by atoms with van der Waals surface area (Å²) in [6, 6.07) is 0.238. The van der Waals surface area contributed by atoms with Gasteiger partial charge in [-0.15, -0.1) is 0 Å². The topological polar surface area (TPSA) is 41.6 Å². The zero-order chi connectivity index (χ0) is 12.4. The fourth-order valence-electron chi connectivity index (χ4n) is 2.31. The van der Waals surface area contributed by atoms with Crippen LogP contribution in [-0.2, 0) is 9.53 Å². The lowest BCUT2D eigenvalue weighted by Crippen LogP contribution is -2.52. The molecule has 2 atom stereocenters. The molecule has 0 bridgehead atoms. The summed E-state index contributed by atoms with van der Waals surface area (Å²) in [4.78, 5) is 14.4. The summed E-state index contributed by atoms with van der Waals surface area (Å²) < 4.78 is 5.62. The van der Waals surface area contributed by atoms with Crippen LogP contribution < -0.4 is 5.32 Å². The molecule has 0 radical (unpaired) electrons. The first-order chi connectivity index (χ1) is 8.13. The van der Waals surface area contributed by atoms with Gasteiger partial charge in [-0.3, -0.25) is 4.79 Å². The third kappa shape index (κ3) is 2.53. The maximum Gasteiger partial charge on any atom is 0.249 e. The van der Waals surface area contributed by atoms with Crippen molar-refractivity contribution in [1.82, 2.24) is 10.2 Å². The second-order valence-electron chi connectivity index (χ2n) is 5.00. The van der Waals surface area contributed by atoms with Gasteiger partial charge in [-0.05, 0) is 25.8 Å². The summed E-state index contributed by atoms with van der Waals surface area (Å²) in [7, 11) is 0. The second kappa shape index (κ2) is 5.19. The van der Waals surface area contributed by atoms with Crippen molar-refractivity contribution in [3.8, 4) is 0 Å². The van der Waals surface area contributed by atoms with Crippen LogP contribution in [0.1, 0.15) is 27.2 Å². The summed E-state index contributed by atoms with van der Waals surface area (Å²) in [6.07, 6.45) is 1.11. The van der Waals surface area contributed by atoms with E-state index in [1.807, 2.05) is 18.7 Å². The van der Waals surface area contributed by atoms with E-state index in [2.05, 4.69) is 12.2 Å². The monoisotopic (exact) mass is 238 g/mol. The number of ether oxygens (including phenoxy) is 1. The van der Waals surface area contributed by atoms with Gasteiger partial charge in [-0.25, -0.2) is 0 Å². The van der Waals surface area contributed by atoms with E-state index in [1.165, 1.54) is 5.57 Å². The van der Waals surface area contributed by atoms with Gasteiger partial charge in [0.05, 0.1) is 18.8 Å². The Morgan fingerprint density at radius 2 is 2.24 bits per heavy atom. The zero-order valence-electron chi connectivity index (χ0n) is 11.0. The highest BCUT2D eigenvalue weighted by molar-refractivity contribution is 5.94. The molecule has 1 N–H and O–H groups in total. The van der Waals surface area contributed by atoms with Gasteiger partial charge >= 0.3 is 0 Å². The van der Waals surface area contributed by atoms with Crippen molar-refractivity contribution < 1.29 is 9.53 Å². The van der Waals surface area contributed by atoms with E-state index in [0.717, 1.165) is 31.6 Å². The molecule has 2 aliphatic rings. The molecule has 4 nitrogen and oxygen atoms in total. The van der Waals surface area contributed by atoms with Crippen LogP contribution in [0.4, 0.5) is 0 Å². The largest absolute Gasteiger partial charge is 0.375 e. The number of morpholine rings is 1. The van der Waals surface area contributed by atoms with Gasteiger partial charge in [0.2, 0.25) is 5.91 Å². The van der Waals surface area contributed by atoms with E-state index < -0.39 is 0 Å². The van der Waals surface area contributed by atoms with E-state index in [4.69, 9.17) is 4.74 Å². The van der Waals surface area contributed by atoms with Crippen LogP contribution in [0.25, 0.3) is 0 Å². The Hall–Kier alpha value is -0.870. The average Bonchev–Trinajstić information content (AvgIpc) is 2.25. The molecule has 0 aromatic heterocycles. The minimum atomic E-state index is 0.152. The summed E-state index contributed by atoms with van der Waals surface area (Å²) >= 11 is 0. The van der Waals surface area contributed by atoms with Gasteiger partial charge in [0.1, 0.15) is 0 Å². The van der Waals surface area contributed by atoms with E-state index in [0.29, 0.717) is 6.61 Å². The molecule has 0 spiro atoms. The minimum Gasteiger partial charge on any atom is -0.375 e. The van der Waals surface area contributed by atoms with E-state index in [-0.39, 0.29) is 18.1 Å². The number of carbonyl (C=O) groups is 1. The number of nitrogens with one attached hydrogen (secondary N) is 1. The smallest absolute Gasteiger partial charge is 0.249 e. The first-order valence-corrected chi connectivity index (χ1v) is 6.45. The molecular weight excluding hydrogens is 216 g/mol. The van der Waals surface area contributed by atoms with Gasteiger partial charge < -0.3 is 15.0 Å². The molecule has 0 aromatic carbocycles. The predicted octanol–water partition coefficient (Wildman–Crippen LogP) is 0.932. The molecule has 0 aliphatic carbocycles. The van der Waals surface area contributed by atoms with E-state index >= 15 is 0 Å². The highest BCUT2D eigenvalue weighted by Gasteiger charge is 2.31. The first kappa shape index (κ1) is 12.6. The van der Waals surface area contributed by atoms with Crippen molar-refractivity contribution in [3.63, 3.8) is 0 Å². The normalized spacial score (nSPS) is 28.9. The van der Waals surface area contributed by atoms with E-state index in [1.54, 1.807) is 0 Å². The molecule has 2 unspecified atom stereocenters. The van der Waals surface area contributed by atoms with Crippen molar-refractivity contribution in [3.05, 3.63) is 11.1 Å². The number of amides is 1. The third-order valence-electron chi connectivity index (χ3n) is 3.73.